The summed E-state index contributed by atoms with van der Waals surface area (Å²) in [5.41, 5.74) is 3.21. The maximum absolute atomic E-state index is 14.1. The van der Waals surface area contributed by atoms with Gasteiger partial charge in [0.2, 0.25) is 11.8 Å². The fraction of sp³-hybridized carbons (Fsp3) is 0.385. The van der Waals surface area contributed by atoms with Crippen molar-refractivity contribution in [2.24, 2.45) is 5.92 Å². The Balaban J connectivity index is 1.23. The number of likely N-dealkylation sites (tertiary alicyclic amines) is 2. The molecule has 0 N–H and O–H groups in total. The van der Waals surface area contributed by atoms with Crippen LogP contribution in [-0.4, -0.2) is 41.2 Å². The summed E-state index contributed by atoms with van der Waals surface area (Å²) in [6.45, 7) is 2.06. The van der Waals surface area contributed by atoms with Crippen LogP contribution in [0, 0.1) is 11.7 Å². The normalized spacial score (nSPS) is 22.1. The molecular weight excluding hydrogens is 391 g/mol. The summed E-state index contributed by atoms with van der Waals surface area (Å²) in [5, 5.41) is 0. The number of benzene rings is 2. The molecule has 4 nitrogen and oxygen atoms in total. The molecule has 2 amide bonds. The molecule has 0 radical (unpaired) electrons. The number of nitrogens with zero attached hydrogens (tertiary/aromatic N) is 2. The molecular formula is C26H27FN2O2. The zero-order chi connectivity index (χ0) is 21.4. The molecule has 2 saturated heterocycles. The van der Waals surface area contributed by atoms with Crippen molar-refractivity contribution < 1.29 is 14.0 Å². The minimum atomic E-state index is -0.310. The highest BCUT2D eigenvalue weighted by Gasteiger charge is 2.41. The van der Waals surface area contributed by atoms with E-state index >= 15 is 0 Å². The average Bonchev–Trinajstić information content (AvgIpc) is 3.15. The largest absolute Gasteiger partial charge is 0.342 e. The van der Waals surface area contributed by atoms with Crippen LogP contribution in [0.4, 0.5) is 4.39 Å². The Hall–Kier alpha value is -2.95. The van der Waals surface area contributed by atoms with Crippen LogP contribution in [0.5, 0.6) is 0 Å². The fourth-order valence-electron chi connectivity index (χ4n) is 5.36. The van der Waals surface area contributed by atoms with Gasteiger partial charge in [-0.2, -0.15) is 0 Å². The summed E-state index contributed by atoms with van der Waals surface area (Å²) < 4.78 is 14.1. The second-order valence-electron chi connectivity index (χ2n) is 9.00. The second-order valence-corrected chi connectivity index (χ2v) is 9.00. The van der Waals surface area contributed by atoms with Crippen LogP contribution in [0.2, 0.25) is 0 Å². The minimum absolute atomic E-state index is 0.00222. The van der Waals surface area contributed by atoms with Crippen molar-refractivity contribution in [2.45, 2.75) is 37.6 Å². The molecule has 2 aromatic rings. The third kappa shape index (κ3) is 3.67. The number of carbonyl (C=O) groups excluding carboxylic acids is 2. The van der Waals surface area contributed by atoms with E-state index in [2.05, 4.69) is 36.4 Å². The molecule has 3 aliphatic rings. The van der Waals surface area contributed by atoms with Crippen LogP contribution in [0.15, 0.2) is 54.6 Å². The number of fused-ring (bicyclic) bond motifs is 2. The molecule has 5 heteroatoms. The van der Waals surface area contributed by atoms with E-state index in [-0.39, 0.29) is 35.5 Å². The van der Waals surface area contributed by atoms with E-state index in [1.807, 2.05) is 4.90 Å². The third-order valence-corrected chi connectivity index (χ3v) is 7.21. The lowest BCUT2D eigenvalue weighted by molar-refractivity contribution is -0.144. The SMILES string of the molecule is O=C1CC[C@H](C(=O)N2CCC3(C=Cc4ccccc43)CC2)CN1Cc1ccccc1F. The summed E-state index contributed by atoms with van der Waals surface area (Å²) in [7, 11) is 0. The van der Waals surface area contributed by atoms with Crippen molar-refractivity contribution in [2.75, 3.05) is 19.6 Å². The number of hydrogen-bond acceptors (Lipinski definition) is 2. The predicted octanol–water partition coefficient (Wildman–Crippen LogP) is 4.15. The van der Waals surface area contributed by atoms with Crippen molar-refractivity contribution in [3.05, 3.63) is 77.1 Å². The highest BCUT2D eigenvalue weighted by molar-refractivity contribution is 5.84. The predicted molar refractivity (Wildman–Crippen MR) is 118 cm³/mol. The number of halogens is 1. The van der Waals surface area contributed by atoms with E-state index in [0.717, 1.165) is 25.9 Å². The Morgan fingerprint density at radius 1 is 1.06 bits per heavy atom. The number of rotatable bonds is 3. The summed E-state index contributed by atoms with van der Waals surface area (Å²) in [6.07, 6.45) is 7.30. The van der Waals surface area contributed by atoms with Crippen molar-refractivity contribution in [3.63, 3.8) is 0 Å². The first kappa shape index (κ1) is 20.0. The first-order valence-electron chi connectivity index (χ1n) is 11.1. The number of hydrogen-bond donors (Lipinski definition) is 0. The van der Waals surface area contributed by atoms with E-state index in [0.29, 0.717) is 24.9 Å². The number of allylic oxidation sites excluding steroid dienone is 1. The van der Waals surface area contributed by atoms with Crippen LogP contribution >= 0.6 is 0 Å². The summed E-state index contributed by atoms with van der Waals surface area (Å²) >= 11 is 0. The van der Waals surface area contributed by atoms with Crippen LogP contribution < -0.4 is 0 Å². The molecule has 0 bridgehead atoms. The summed E-state index contributed by atoms with van der Waals surface area (Å²) in [4.78, 5) is 29.3. The number of carbonyl (C=O) groups is 2. The van der Waals surface area contributed by atoms with Crippen molar-refractivity contribution in [1.29, 1.82) is 0 Å². The van der Waals surface area contributed by atoms with Gasteiger partial charge in [-0.15, -0.1) is 0 Å². The lowest BCUT2D eigenvalue weighted by Gasteiger charge is -2.41. The Kier molecular flexibility index (Phi) is 5.12. The van der Waals surface area contributed by atoms with E-state index < -0.39 is 0 Å². The van der Waals surface area contributed by atoms with Gasteiger partial charge in [-0.3, -0.25) is 9.59 Å². The molecule has 0 unspecified atom stereocenters. The maximum atomic E-state index is 14.1. The molecule has 5 rings (SSSR count). The summed E-state index contributed by atoms with van der Waals surface area (Å²) in [5.74, 6) is -0.381. The van der Waals surface area contributed by atoms with Crippen LogP contribution in [-0.2, 0) is 21.5 Å². The van der Waals surface area contributed by atoms with Crippen LogP contribution in [0.3, 0.4) is 0 Å². The van der Waals surface area contributed by atoms with Crippen LogP contribution in [0.1, 0.15) is 42.4 Å². The van der Waals surface area contributed by atoms with Gasteiger partial charge in [0.1, 0.15) is 5.82 Å². The van der Waals surface area contributed by atoms with Gasteiger partial charge in [0, 0.05) is 43.6 Å². The first-order chi connectivity index (χ1) is 15.1. The zero-order valence-corrected chi connectivity index (χ0v) is 17.6. The number of amides is 2. The Labute approximate surface area is 182 Å². The minimum Gasteiger partial charge on any atom is -0.342 e. The van der Waals surface area contributed by atoms with Gasteiger partial charge in [-0.25, -0.2) is 4.39 Å². The summed E-state index contributed by atoms with van der Waals surface area (Å²) in [6, 6.07) is 15.0. The number of piperidine rings is 2. The van der Waals surface area contributed by atoms with Gasteiger partial charge < -0.3 is 9.80 Å². The Morgan fingerprint density at radius 2 is 1.81 bits per heavy atom. The molecule has 2 fully saturated rings. The van der Waals surface area contributed by atoms with Gasteiger partial charge in [0.15, 0.2) is 0 Å². The average molecular weight is 419 g/mol. The molecule has 160 valence electrons. The second kappa shape index (κ2) is 7.95. The van der Waals surface area contributed by atoms with Crippen molar-refractivity contribution in [1.82, 2.24) is 9.80 Å². The van der Waals surface area contributed by atoms with Gasteiger partial charge in [-0.1, -0.05) is 54.6 Å². The molecule has 2 heterocycles. The smallest absolute Gasteiger partial charge is 0.227 e. The standard InChI is InChI=1S/C26H27FN2O2/c27-23-8-4-2-6-20(23)17-29-18-21(9-10-24(29)30)25(31)28-15-13-26(14-16-28)12-11-19-5-1-3-7-22(19)26/h1-8,11-12,21H,9-10,13-18H2/t21-/m0/s1. The topological polar surface area (TPSA) is 40.6 Å². The van der Waals surface area contributed by atoms with Crippen LogP contribution in [0.25, 0.3) is 6.08 Å². The molecule has 1 atom stereocenters. The van der Waals surface area contributed by atoms with E-state index in [1.165, 1.54) is 17.2 Å². The van der Waals surface area contributed by atoms with Gasteiger partial charge >= 0.3 is 0 Å². The monoisotopic (exact) mass is 418 g/mol. The molecule has 1 aliphatic carbocycles. The van der Waals surface area contributed by atoms with Gasteiger partial charge in [0.25, 0.3) is 0 Å². The molecule has 31 heavy (non-hydrogen) atoms. The zero-order valence-electron chi connectivity index (χ0n) is 17.6. The van der Waals surface area contributed by atoms with E-state index in [1.54, 1.807) is 23.1 Å². The molecule has 0 saturated carbocycles. The molecule has 2 aliphatic heterocycles. The third-order valence-electron chi connectivity index (χ3n) is 7.21. The highest BCUT2D eigenvalue weighted by Crippen LogP contribution is 2.43. The highest BCUT2D eigenvalue weighted by atomic mass is 19.1. The molecule has 0 aromatic heterocycles. The van der Waals surface area contributed by atoms with E-state index in [4.69, 9.17) is 0 Å². The lowest BCUT2D eigenvalue weighted by Crippen LogP contribution is -2.50. The van der Waals surface area contributed by atoms with Crippen molar-refractivity contribution >= 4 is 17.9 Å². The Morgan fingerprint density at radius 3 is 2.61 bits per heavy atom. The lowest BCUT2D eigenvalue weighted by atomic mass is 9.74. The fourth-order valence-corrected chi connectivity index (χ4v) is 5.36. The molecule has 1 spiro atoms. The van der Waals surface area contributed by atoms with E-state index in [9.17, 15) is 14.0 Å². The van der Waals surface area contributed by atoms with Gasteiger partial charge in [0.05, 0.1) is 5.92 Å². The van der Waals surface area contributed by atoms with Crippen molar-refractivity contribution in [3.8, 4) is 0 Å². The quantitative estimate of drug-likeness (QED) is 0.751. The molecule has 2 aromatic carbocycles. The Bertz CT molecular complexity index is 1040. The maximum Gasteiger partial charge on any atom is 0.227 e. The first-order valence-corrected chi connectivity index (χ1v) is 11.1. The van der Waals surface area contributed by atoms with Gasteiger partial charge in [-0.05, 0) is 36.5 Å².